The van der Waals surface area contributed by atoms with Crippen molar-refractivity contribution in [1.29, 1.82) is 0 Å². The van der Waals surface area contributed by atoms with Crippen LogP contribution in [0.25, 0.3) is 10.9 Å². The number of hydrogen-bond acceptors (Lipinski definition) is 6. The number of aromatic nitrogens is 1. The summed E-state index contributed by atoms with van der Waals surface area (Å²) in [5, 5.41) is 0.786. The second-order valence-electron chi connectivity index (χ2n) is 6.12. The molecule has 27 heavy (non-hydrogen) atoms. The van der Waals surface area contributed by atoms with Gasteiger partial charge in [0.2, 0.25) is 11.3 Å². The van der Waals surface area contributed by atoms with Gasteiger partial charge in [0.25, 0.3) is 0 Å². The van der Waals surface area contributed by atoms with Gasteiger partial charge in [0, 0.05) is 22.4 Å². The Morgan fingerprint density at radius 1 is 1.22 bits per heavy atom. The minimum Gasteiger partial charge on any atom is -0.465 e. The Hall–Kier alpha value is -2.67. The molecule has 0 N–H and O–H groups in total. The van der Waals surface area contributed by atoms with E-state index in [2.05, 4.69) is 0 Å². The summed E-state index contributed by atoms with van der Waals surface area (Å²) in [6.45, 7) is 3.30. The van der Waals surface area contributed by atoms with E-state index in [-0.39, 0.29) is 43.2 Å². The van der Waals surface area contributed by atoms with Crippen LogP contribution in [0, 0.1) is 0 Å². The maximum absolute atomic E-state index is 12.9. The second-order valence-corrected chi connectivity index (χ2v) is 6.55. The Kier molecular flexibility index (Phi) is 5.06. The van der Waals surface area contributed by atoms with Crippen LogP contribution in [0.15, 0.2) is 18.2 Å². The highest BCUT2D eigenvalue weighted by Crippen LogP contribution is 2.43. The fraction of sp³-hybridized carbons (Fsp3) is 0.368. The van der Waals surface area contributed by atoms with Crippen molar-refractivity contribution in [2.75, 3.05) is 13.2 Å². The third-order valence-corrected chi connectivity index (χ3v) is 4.94. The summed E-state index contributed by atoms with van der Waals surface area (Å²) in [4.78, 5) is 50.5. The summed E-state index contributed by atoms with van der Waals surface area (Å²) >= 11 is 6.06. The fourth-order valence-corrected chi connectivity index (χ4v) is 3.77. The van der Waals surface area contributed by atoms with E-state index < -0.39 is 17.4 Å². The van der Waals surface area contributed by atoms with E-state index in [0.717, 1.165) is 0 Å². The molecule has 1 aliphatic heterocycles. The van der Waals surface area contributed by atoms with Gasteiger partial charge in [-0.15, -0.1) is 0 Å². The quantitative estimate of drug-likeness (QED) is 0.442. The Balaban J connectivity index is 2.44. The van der Waals surface area contributed by atoms with Crippen LogP contribution in [0.3, 0.4) is 0 Å². The second kappa shape index (κ2) is 7.15. The number of carbonyl (C=O) groups is 4. The molecule has 2 aromatic rings. The Labute approximate surface area is 160 Å². The van der Waals surface area contributed by atoms with Crippen molar-refractivity contribution in [3.8, 4) is 0 Å². The molecule has 0 radical (unpaired) electrons. The van der Waals surface area contributed by atoms with Crippen LogP contribution in [0.2, 0.25) is 5.02 Å². The van der Waals surface area contributed by atoms with Crippen molar-refractivity contribution >= 4 is 46.6 Å². The standard InChI is InChI=1S/C19H18ClNO6/c1-3-26-17(24)19(18(25)27-4-2)8-7-15(23)21-14-9-11(20)5-6-12(14)13(10-22)16(19)21/h5-6,9-10H,3-4,7-8H2,1-2H3. The van der Waals surface area contributed by atoms with E-state index in [1.165, 1.54) is 10.6 Å². The van der Waals surface area contributed by atoms with Crippen LogP contribution in [-0.4, -0.2) is 41.9 Å². The molecule has 0 saturated heterocycles. The van der Waals surface area contributed by atoms with Gasteiger partial charge in [-0.1, -0.05) is 17.7 Å². The van der Waals surface area contributed by atoms with Gasteiger partial charge in [0.05, 0.1) is 24.4 Å². The molecule has 0 unspecified atom stereocenters. The number of rotatable bonds is 5. The number of hydrogen-bond donors (Lipinski definition) is 0. The van der Waals surface area contributed by atoms with Gasteiger partial charge in [0.1, 0.15) is 0 Å². The van der Waals surface area contributed by atoms with E-state index in [4.69, 9.17) is 21.1 Å². The first-order chi connectivity index (χ1) is 12.9. The van der Waals surface area contributed by atoms with Crippen LogP contribution in [-0.2, 0) is 24.5 Å². The molecule has 1 aliphatic rings. The first kappa shape index (κ1) is 19.1. The number of esters is 2. The zero-order valence-corrected chi connectivity index (χ0v) is 15.7. The Morgan fingerprint density at radius 2 is 1.85 bits per heavy atom. The molecule has 3 rings (SSSR count). The number of benzene rings is 1. The van der Waals surface area contributed by atoms with Crippen LogP contribution < -0.4 is 0 Å². The highest BCUT2D eigenvalue weighted by atomic mass is 35.5. The molecule has 0 atom stereocenters. The number of aldehydes is 1. The normalized spacial score (nSPS) is 15.3. The lowest BCUT2D eigenvalue weighted by Gasteiger charge is -2.33. The minimum absolute atomic E-state index is 0.0112. The predicted octanol–water partition coefficient (Wildman–Crippen LogP) is 2.91. The minimum atomic E-state index is -1.89. The number of halogens is 1. The van der Waals surface area contributed by atoms with E-state index in [9.17, 15) is 19.2 Å². The van der Waals surface area contributed by atoms with Gasteiger partial charge in [-0.2, -0.15) is 0 Å². The number of nitrogens with zero attached hydrogens (tertiary/aromatic N) is 1. The molecular weight excluding hydrogens is 374 g/mol. The summed E-state index contributed by atoms with van der Waals surface area (Å²) < 4.78 is 11.5. The summed E-state index contributed by atoms with van der Waals surface area (Å²) in [5.74, 6) is -2.02. The van der Waals surface area contributed by atoms with Gasteiger partial charge >= 0.3 is 11.9 Å². The molecule has 142 valence electrons. The highest BCUT2D eigenvalue weighted by molar-refractivity contribution is 6.31. The van der Waals surface area contributed by atoms with E-state index in [1.54, 1.807) is 26.0 Å². The van der Waals surface area contributed by atoms with Crippen molar-refractivity contribution in [3.63, 3.8) is 0 Å². The van der Waals surface area contributed by atoms with Crippen LogP contribution >= 0.6 is 11.6 Å². The number of ether oxygens (including phenoxy) is 2. The summed E-state index contributed by atoms with van der Waals surface area (Å²) in [7, 11) is 0. The molecule has 8 heteroatoms. The number of carbonyl (C=O) groups excluding carboxylic acids is 4. The first-order valence-corrected chi connectivity index (χ1v) is 8.97. The van der Waals surface area contributed by atoms with Gasteiger partial charge < -0.3 is 9.47 Å². The third kappa shape index (κ3) is 2.73. The average molecular weight is 392 g/mol. The van der Waals surface area contributed by atoms with Crippen molar-refractivity contribution < 1.29 is 28.7 Å². The van der Waals surface area contributed by atoms with E-state index in [1.807, 2.05) is 0 Å². The SMILES string of the molecule is CCOC(=O)C1(C(=O)OCC)CCC(=O)n2c1c(C=O)c1ccc(Cl)cc12. The number of fused-ring (bicyclic) bond motifs is 3. The molecule has 7 nitrogen and oxygen atoms in total. The predicted molar refractivity (Wildman–Crippen MR) is 97.1 cm³/mol. The average Bonchev–Trinajstić information content (AvgIpc) is 2.97. The monoisotopic (exact) mass is 391 g/mol. The van der Waals surface area contributed by atoms with Crippen molar-refractivity contribution in [2.24, 2.45) is 0 Å². The highest BCUT2D eigenvalue weighted by Gasteiger charge is 2.57. The molecule has 1 aromatic heterocycles. The largest absolute Gasteiger partial charge is 0.465 e. The van der Waals surface area contributed by atoms with Crippen LogP contribution in [0.5, 0.6) is 0 Å². The fourth-order valence-electron chi connectivity index (χ4n) is 3.60. The Bertz CT molecular complexity index is 943. The summed E-state index contributed by atoms with van der Waals surface area (Å²) in [6.07, 6.45) is 0.321. The van der Waals surface area contributed by atoms with Crippen molar-refractivity contribution in [2.45, 2.75) is 32.1 Å². The summed E-state index contributed by atoms with van der Waals surface area (Å²) in [6, 6.07) is 4.68. The van der Waals surface area contributed by atoms with Gasteiger partial charge in [-0.3, -0.25) is 23.7 Å². The Morgan fingerprint density at radius 3 is 2.41 bits per heavy atom. The lowest BCUT2D eigenvalue weighted by atomic mass is 9.76. The van der Waals surface area contributed by atoms with Gasteiger partial charge in [0.15, 0.2) is 6.29 Å². The molecular formula is C19H18ClNO6. The molecule has 0 amide bonds. The lowest BCUT2D eigenvalue weighted by molar-refractivity contribution is -0.165. The van der Waals surface area contributed by atoms with Crippen molar-refractivity contribution in [1.82, 2.24) is 4.57 Å². The van der Waals surface area contributed by atoms with Gasteiger partial charge in [-0.25, -0.2) is 0 Å². The molecule has 0 fully saturated rings. The van der Waals surface area contributed by atoms with E-state index in [0.29, 0.717) is 22.2 Å². The lowest BCUT2D eigenvalue weighted by Crippen LogP contribution is -2.51. The molecule has 2 heterocycles. The van der Waals surface area contributed by atoms with Crippen LogP contribution in [0.4, 0.5) is 0 Å². The third-order valence-electron chi connectivity index (χ3n) is 4.70. The topological polar surface area (TPSA) is 91.7 Å². The molecule has 0 saturated carbocycles. The maximum atomic E-state index is 12.9. The molecule has 0 spiro atoms. The maximum Gasteiger partial charge on any atom is 0.329 e. The molecule has 0 bridgehead atoms. The zero-order chi connectivity index (χ0) is 19.8. The smallest absolute Gasteiger partial charge is 0.329 e. The molecule has 1 aromatic carbocycles. The first-order valence-electron chi connectivity index (χ1n) is 8.59. The zero-order valence-electron chi connectivity index (χ0n) is 14.9. The van der Waals surface area contributed by atoms with E-state index >= 15 is 0 Å². The molecule has 0 aliphatic carbocycles. The van der Waals surface area contributed by atoms with Gasteiger partial charge in [-0.05, 0) is 32.4 Å². The van der Waals surface area contributed by atoms with Crippen molar-refractivity contribution in [3.05, 3.63) is 34.5 Å². The van der Waals surface area contributed by atoms with Crippen LogP contribution in [0.1, 0.15) is 47.5 Å². The summed E-state index contributed by atoms with van der Waals surface area (Å²) in [5.41, 5.74) is -1.46.